The first kappa shape index (κ1) is 19.2. The van der Waals surface area contributed by atoms with E-state index in [1.807, 2.05) is 6.07 Å². The van der Waals surface area contributed by atoms with Crippen LogP contribution in [0.25, 0.3) is 0 Å². The van der Waals surface area contributed by atoms with E-state index in [0.29, 0.717) is 17.7 Å². The number of carbonyl (C=O) groups excluding carboxylic acids is 1. The van der Waals surface area contributed by atoms with Crippen LogP contribution in [0.3, 0.4) is 0 Å². The van der Waals surface area contributed by atoms with Gasteiger partial charge in [0.1, 0.15) is 5.76 Å². The Bertz CT molecular complexity index is 773. The maximum atomic E-state index is 13.1. The van der Waals surface area contributed by atoms with Gasteiger partial charge in [-0.3, -0.25) is 4.79 Å². The van der Waals surface area contributed by atoms with Crippen molar-refractivity contribution in [2.24, 2.45) is 5.92 Å². The van der Waals surface area contributed by atoms with Gasteiger partial charge in [0.2, 0.25) is 0 Å². The van der Waals surface area contributed by atoms with Crippen molar-refractivity contribution < 1.29 is 9.32 Å². The van der Waals surface area contributed by atoms with E-state index < -0.39 is 0 Å². The van der Waals surface area contributed by atoms with Gasteiger partial charge in [-0.1, -0.05) is 42.4 Å². The number of aromatic nitrogens is 1. The number of rotatable bonds is 7. The van der Waals surface area contributed by atoms with Crippen LogP contribution in [0.1, 0.15) is 54.4 Å². The summed E-state index contributed by atoms with van der Waals surface area (Å²) in [5.41, 5.74) is 1.89. The molecule has 3 saturated heterocycles. The molecule has 3 fully saturated rings. The third-order valence-electron chi connectivity index (χ3n) is 6.11. The second-order valence-corrected chi connectivity index (χ2v) is 8.33. The van der Waals surface area contributed by atoms with Crippen molar-refractivity contribution in [2.75, 3.05) is 26.2 Å². The molecule has 0 aliphatic carbocycles. The lowest BCUT2D eigenvalue weighted by Gasteiger charge is -2.35. The van der Waals surface area contributed by atoms with Gasteiger partial charge in [0, 0.05) is 38.2 Å². The predicted molar refractivity (Wildman–Crippen MR) is 109 cm³/mol. The van der Waals surface area contributed by atoms with Gasteiger partial charge in [-0.05, 0) is 50.1 Å². The van der Waals surface area contributed by atoms with E-state index in [-0.39, 0.29) is 5.91 Å². The molecule has 2 atom stereocenters. The summed E-state index contributed by atoms with van der Waals surface area (Å²) in [6.07, 6.45) is 6.45. The molecule has 0 N–H and O–H groups in total. The quantitative estimate of drug-likeness (QED) is 0.732. The molecule has 3 aliphatic heterocycles. The summed E-state index contributed by atoms with van der Waals surface area (Å²) >= 11 is 0. The molecule has 1 amide bonds. The monoisotopic (exact) mass is 381 g/mol. The largest absolute Gasteiger partial charge is 0.361 e. The Morgan fingerprint density at radius 3 is 2.82 bits per heavy atom. The number of piperidine rings is 1. The number of aryl methyl sites for hydroxylation is 2. The molecule has 1 aromatic carbocycles. The van der Waals surface area contributed by atoms with Gasteiger partial charge in [0.25, 0.3) is 5.91 Å². The zero-order chi connectivity index (χ0) is 19.3. The Hall–Kier alpha value is -2.14. The number of hydrogen-bond acceptors (Lipinski definition) is 4. The van der Waals surface area contributed by atoms with E-state index in [1.165, 1.54) is 18.4 Å². The van der Waals surface area contributed by atoms with Gasteiger partial charge < -0.3 is 14.3 Å². The Morgan fingerprint density at radius 1 is 1.14 bits per heavy atom. The summed E-state index contributed by atoms with van der Waals surface area (Å²) in [5.74, 6) is 1.43. The van der Waals surface area contributed by atoms with Crippen LogP contribution in [0, 0.1) is 5.92 Å². The highest BCUT2D eigenvalue weighted by Gasteiger charge is 2.38. The van der Waals surface area contributed by atoms with Crippen molar-refractivity contribution in [1.29, 1.82) is 0 Å². The van der Waals surface area contributed by atoms with Crippen LogP contribution < -0.4 is 0 Å². The minimum Gasteiger partial charge on any atom is -0.361 e. The number of carbonyl (C=O) groups is 1. The average molecular weight is 382 g/mol. The molecule has 3 aliphatic rings. The first-order valence-electron chi connectivity index (χ1n) is 10.8. The zero-order valence-corrected chi connectivity index (χ0v) is 16.8. The molecule has 28 heavy (non-hydrogen) atoms. The zero-order valence-electron chi connectivity index (χ0n) is 16.8. The molecular formula is C23H31N3O2. The first-order valence-corrected chi connectivity index (χ1v) is 10.8. The molecule has 2 aromatic rings. The van der Waals surface area contributed by atoms with Crippen molar-refractivity contribution in [2.45, 2.75) is 51.5 Å². The molecule has 0 spiro atoms. The van der Waals surface area contributed by atoms with Crippen LogP contribution in [0.4, 0.5) is 0 Å². The molecule has 2 bridgehead atoms. The van der Waals surface area contributed by atoms with E-state index in [0.717, 1.165) is 57.6 Å². The highest BCUT2D eigenvalue weighted by atomic mass is 16.5. The number of amides is 1. The normalized spacial score (nSPS) is 22.4. The molecular weight excluding hydrogens is 350 g/mol. The molecule has 0 radical (unpaired) electrons. The highest BCUT2D eigenvalue weighted by Crippen LogP contribution is 2.29. The fourth-order valence-electron chi connectivity index (χ4n) is 4.69. The molecule has 4 heterocycles. The number of hydrogen-bond donors (Lipinski definition) is 0. The van der Waals surface area contributed by atoms with Gasteiger partial charge in [-0.15, -0.1) is 0 Å². The van der Waals surface area contributed by atoms with Crippen molar-refractivity contribution in [3.05, 3.63) is 53.4 Å². The topological polar surface area (TPSA) is 49.6 Å². The third-order valence-corrected chi connectivity index (χ3v) is 6.11. The fraction of sp³-hybridized carbons (Fsp3) is 0.565. The van der Waals surface area contributed by atoms with Crippen LogP contribution in [0.15, 0.2) is 40.9 Å². The van der Waals surface area contributed by atoms with Crippen LogP contribution in [-0.4, -0.2) is 53.1 Å². The smallest absolute Gasteiger partial charge is 0.276 e. The molecule has 0 unspecified atom stereocenters. The molecule has 0 saturated carbocycles. The van der Waals surface area contributed by atoms with Crippen molar-refractivity contribution in [3.63, 3.8) is 0 Å². The Labute approximate surface area is 167 Å². The van der Waals surface area contributed by atoms with E-state index in [1.54, 1.807) is 0 Å². The van der Waals surface area contributed by atoms with Crippen LogP contribution in [0.5, 0.6) is 0 Å². The van der Waals surface area contributed by atoms with E-state index in [9.17, 15) is 4.79 Å². The lowest BCUT2D eigenvalue weighted by molar-refractivity contribution is 0.0574. The number of fused-ring (bicyclic) bond motifs is 4. The number of benzene rings is 1. The predicted octanol–water partition coefficient (Wildman–Crippen LogP) is 3.80. The number of nitrogens with zero attached hydrogens (tertiary/aromatic N) is 3. The fourth-order valence-corrected chi connectivity index (χ4v) is 4.69. The Balaban J connectivity index is 1.35. The van der Waals surface area contributed by atoms with E-state index >= 15 is 0 Å². The van der Waals surface area contributed by atoms with Gasteiger partial charge in [0.05, 0.1) is 0 Å². The molecule has 5 rings (SSSR count). The Kier molecular flexibility index (Phi) is 6.10. The van der Waals surface area contributed by atoms with Crippen molar-refractivity contribution in [3.8, 4) is 0 Å². The lowest BCUT2D eigenvalue weighted by Crippen LogP contribution is -2.47. The minimum atomic E-state index is 0.0481. The maximum absolute atomic E-state index is 13.1. The summed E-state index contributed by atoms with van der Waals surface area (Å²) in [7, 11) is 0. The van der Waals surface area contributed by atoms with Crippen LogP contribution >= 0.6 is 0 Å². The molecule has 5 nitrogen and oxygen atoms in total. The lowest BCUT2D eigenvalue weighted by atomic mass is 9.94. The Morgan fingerprint density at radius 2 is 2.00 bits per heavy atom. The highest BCUT2D eigenvalue weighted by molar-refractivity contribution is 5.92. The summed E-state index contributed by atoms with van der Waals surface area (Å²) < 4.78 is 5.34. The molecule has 150 valence electrons. The van der Waals surface area contributed by atoms with Crippen LogP contribution in [-0.2, 0) is 12.8 Å². The SMILES string of the molecule is CCCc1cc(C(=O)N2C[C@H]3CC[C@@H]2CN(CCCc2ccccc2)C3)no1. The van der Waals surface area contributed by atoms with Gasteiger partial charge in [-0.2, -0.15) is 0 Å². The second kappa shape index (κ2) is 8.91. The first-order chi connectivity index (χ1) is 13.7. The van der Waals surface area contributed by atoms with E-state index in [2.05, 4.69) is 52.2 Å². The maximum Gasteiger partial charge on any atom is 0.276 e. The molecule has 5 heteroatoms. The molecule has 1 aromatic heterocycles. The summed E-state index contributed by atoms with van der Waals surface area (Å²) in [6, 6.07) is 12.8. The average Bonchev–Trinajstić information content (AvgIpc) is 3.00. The van der Waals surface area contributed by atoms with Crippen LogP contribution in [0.2, 0.25) is 0 Å². The summed E-state index contributed by atoms with van der Waals surface area (Å²) in [4.78, 5) is 17.7. The van der Waals surface area contributed by atoms with E-state index in [4.69, 9.17) is 4.52 Å². The summed E-state index contributed by atoms with van der Waals surface area (Å²) in [6.45, 7) is 6.15. The van der Waals surface area contributed by atoms with Crippen molar-refractivity contribution in [1.82, 2.24) is 15.0 Å². The third kappa shape index (κ3) is 4.46. The summed E-state index contributed by atoms with van der Waals surface area (Å²) in [5, 5.41) is 4.05. The van der Waals surface area contributed by atoms with Crippen molar-refractivity contribution >= 4 is 5.91 Å². The van der Waals surface area contributed by atoms with Gasteiger partial charge in [0.15, 0.2) is 5.69 Å². The second-order valence-electron chi connectivity index (χ2n) is 8.33. The van der Waals surface area contributed by atoms with Gasteiger partial charge in [-0.25, -0.2) is 0 Å². The minimum absolute atomic E-state index is 0.0481. The standard InChI is InChI=1S/C23H31N3O2/c1-2-7-21-14-22(24-28-21)23(27)26-16-19-11-12-20(26)17-25(15-19)13-6-10-18-8-4-3-5-9-18/h3-5,8-9,14,19-20H,2,6-7,10-13,15-17H2,1H3/t19-,20+/m0/s1. The van der Waals surface area contributed by atoms with Gasteiger partial charge >= 0.3 is 0 Å².